The number of hydrogen-bond acceptors (Lipinski definition) is 4. The Morgan fingerprint density at radius 3 is 2.81 bits per heavy atom. The van der Waals surface area contributed by atoms with Gasteiger partial charge in [0.25, 0.3) is 5.91 Å². The number of para-hydroxylation sites is 3. The molecule has 0 radical (unpaired) electrons. The summed E-state index contributed by atoms with van der Waals surface area (Å²) in [6.07, 6.45) is -1.93. The fourth-order valence-electron chi connectivity index (χ4n) is 3.31. The monoisotopic (exact) mass is 369 g/mol. The second-order valence-electron chi connectivity index (χ2n) is 6.48. The molecule has 2 aromatic carbocycles. The van der Waals surface area contributed by atoms with Crippen molar-refractivity contribution in [1.82, 2.24) is 14.9 Å². The highest BCUT2D eigenvalue weighted by atomic mass is 19.1. The maximum Gasteiger partial charge on any atom is 0.257 e. The van der Waals surface area contributed by atoms with Gasteiger partial charge in [-0.05, 0) is 24.3 Å². The third-order valence-corrected chi connectivity index (χ3v) is 4.70. The van der Waals surface area contributed by atoms with Crippen molar-refractivity contribution in [3.8, 4) is 5.75 Å². The van der Waals surface area contributed by atoms with E-state index in [4.69, 9.17) is 9.47 Å². The van der Waals surface area contributed by atoms with Gasteiger partial charge in [-0.3, -0.25) is 4.79 Å². The number of nitrogens with one attached hydrogen (secondary N) is 1. The number of hydrogen-bond donors (Lipinski definition) is 1. The number of benzene rings is 2. The zero-order valence-corrected chi connectivity index (χ0v) is 14.9. The number of aromatic amines is 1. The van der Waals surface area contributed by atoms with E-state index >= 15 is 0 Å². The number of nitrogens with zero attached hydrogens (tertiary/aromatic N) is 2. The summed E-state index contributed by atoms with van der Waals surface area (Å²) in [6, 6.07) is 14.6. The van der Waals surface area contributed by atoms with Crippen LogP contribution in [0.25, 0.3) is 11.0 Å². The third-order valence-electron chi connectivity index (χ3n) is 4.70. The first-order chi connectivity index (χ1) is 13.2. The lowest BCUT2D eigenvalue weighted by Crippen LogP contribution is -2.30. The normalized spacial score (nSPS) is 19.6. The van der Waals surface area contributed by atoms with E-state index in [0.29, 0.717) is 17.1 Å². The Bertz CT molecular complexity index is 925. The molecule has 2 heterocycles. The van der Waals surface area contributed by atoms with Crippen LogP contribution < -0.4 is 4.74 Å². The Morgan fingerprint density at radius 2 is 2.00 bits per heavy atom. The Labute approximate surface area is 155 Å². The SMILES string of the molecule is COc1ccccc1C(=O)N1CC(F)C(OCc2nc3ccccc3[nH]2)C1. The van der Waals surface area contributed by atoms with Crippen LogP contribution in [0.15, 0.2) is 48.5 Å². The van der Waals surface area contributed by atoms with Crippen LogP contribution in [0, 0.1) is 0 Å². The molecule has 2 unspecified atom stereocenters. The molecule has 3 aromatic rings. The lowest BCUT2D eigenvalue weighted by atomic mass is 10.2. The van der Waals surface area contributed by atoms with Gasteiger partial charge < -0.3 is 19.4 Å². The Hall–Kier alpha value is -2.93. The largest absolute Gasteiger partial charge is 0.496 e. The average Bonchev–Trinajstić information content (AvgIpc) is 3.28. The van der Waals surface area contributed by atoms with Crippen LogP contribution >= 0.6 is 0 Å². The lowest BCUT2D eigenvalue weighted by molar-refractivity contribution is 0.00887. The van der Waals surface area contributed by atoms with Crippen LogP contribution in [0.2, 0.25) is 0 Å². The molecule has 1 saturated heterocycles. The molecular formula is C20H20FN3O3. The van der Waals surface area contributed by atoms with Gasteiger partial charge in [-0.25, -0.2) is 9.37 Å². The van der Waals surface area contributed by atoms with Crippen molar-refractivity contribution in [2.24, 2.45) is 0 Å². The van der Waals surface area contributed by atoms with E-state index in [1.54, 1.807) is 24.3 Å². The smallest absolute Gasteiger partial charge is 0.257 e. The van der Waals surface area contributed by atoms with Crippen molar-refractivity contribution in [1.29, 1.82) is 0 Å². The van der Waals surface area contributed by atoms with Crippen LogP contribution in [0.1, 0.15) is 16.2 Å². The van der Waals surface area contributed by atoms with Gasteiger partial charge in [0.2, 0.25) is 0 Å². The first kappa shape index (κ1) is 17.5. The molecule has 1 amide bonds. The molecule has 6 nitrogen and oxygen atoms in total. The van der Waals surface area contributed by atoms with Crippen molar-refractivity contribution >= 4 is 16.9 Å². The highest BCUT2D eigenvalue weighted by Gasteiger charge is 2.37. The summed E-state index contributed by atoms with van der Waals surface area (Å²) in [6.45, 7) is 0.358. The lowest BCUT2D eigenvalue weighted by Gasteiger charge is -2.17. The predicted octanol–water partition coefficient (Wildman–Crippen LogP) is 2.95. The van der Waals surface area contributed by atoms with E-state index in [1.807, 2.05) is 24.3 Å². The molecule has 0 bridgehead atoms. The minimum Gasteiger partial charge on any atom is -0.496 e. The summed E-state index contributed by atoms with van der Waals surface area (Å²) in [5, 5.41) is 0. The second-order valence-corrected chi connectivity index (χ2v) is 6.48. The molecule has 2 atom stereocenters. The second kappa shape index (κ2) is 7.36. The maximum atomic E-state index is 14.4. The maximum absolute atomic E-state index is 14.4. The summed E-state index contributed by atoms with van der Waals surface area (Å²) in [4.78, 5) is 21.8. The number of rotatable bonds is 5. The topological polar surface area (TPSA) is 67.4 Å². The molecule has 140 valence electrons. The minimum absolute atomic E-state index is 0.00167. The number of fused-ring (bicyclic) bond motifs is 1. The molecule has 27 heavy (non-hydrogen) atoms. The number of likely N-dealkylation sites (tertiary alicyclic amines) is 1. The van der Waals surface area contributed by atoms with Crippen LogP contribution in [-0.4, -0.2) is 53.2 Å². The predicted molar refractivity (Wildman–Crippen MR) is 98.5 cm³/mol. The molecule has 1 aliphatic rings. The fourth-order valence-corrected chi connectivity index (χ4v) is 3.31. The molecule has 7 heteroatoms. The van der Waals surface area contributed by atoms with E-state index in [0.717, 1.165) is 11.0 Å². The number of carbonyl (C=O) groups excluding carboxylic acids is 1. The first-order valence-corrected chi connectivity index (χ1v) is 8.77. The number of methoxy groups -OCH3 is 1. The molecule has 0 aliphatic carbocycles. The Balaban J connectivity index is 1.41. The van der Waals surface area contributed by atoms with Crippen molar-refractivity contribution in [2.75, 3.05) is 20.2 Å². The zero-order valence-electron chi connectivity index (χ0n) is 14.9. The Morgan fingerprint density at radius 1 is 1.22 bits per heavy atom. The molecule has 1 N–H and O–H groups in total. The third kappa shape index (κ3) is 3.50. The molecule has 1 fully saturated rings. The summed E-state index contributed by atoms with van der Waals surface area (Å²) in [5.74, 6) is 0.854. The van der Waals surface area contributed by atoms with Gasteiger partial charge in [-0.15, -0.1) is 0 Å². The van der Waals surface area contributed by atoms with E-state index in [1.165, 1.54) is 12.0 Å². The summed E-state index contributed by atoms with van der Waals surface area (Å²) in [7, 11) is 1.51. The van der Waals surface area contributed by atoms with Gasteiger partial charge in [0, 0.05) is 0 Å². The van der Waals surface area contributed by atoms with Crippen molar-refractivity contribution in [2.45, 2.75) is 18.9 Å². The number of H-pyrrole nitrogens is 1. The molecular weight excluding hydrogens is 349 g/mol. The zero-order chi connectivity index (χ0) is 18.8. The number of carbonyl (C=O) groups is 1. The number of halogens is 1. The van der Waals surface area contributed by atoms with Gasteiger partial charge in [0.15, 0.2) is 0 Å². The van der Waals surface area contributed by atoms with Crippen molar-refractivity contribution in [3.63, 3.8) is 0 Å². The first-order valence-electron chi connectivity index (χ1n) is 8.77. The Kier molecular flexibility index (Phi) is 4.77. The number of imidazole rings is 1. The highest BCUT2D eigenvalue weighted by Crippen LogP contribution is 2.24. The van der Waals surface area contributed by atoms with Gasteiger partial charge in [0.05, 0.1) is 36.8 Å². The van der Waals surface area contributed by atoms with Gasteiger partial charge in [-0.1, -0.05) is 24.3 Å². The van der Waals surface area contributed by atoms with E-state index < -0.39 is 12.3 Å². The van der Waals surface area contributed by atoms with Crippen LogP contribution in [-0.2, 0) is 11.3 Å². The molecule has 0 spiro atoms. The quantitative estimate of drug-likeness (QED) is 0.751. The standard InChI is InChI=1S/C20H20FN3O3/c1-26-17-9-5-2-6-13(17)20(25)24-10-14(21)18(11-24)27-12-19-22-15-7-3-4-8-16(15)23-19/h2-9,14,18H,10-12H2,1H3,(H,22,23). The minimum atomic E-state index is -1.24. The van der Waals surface area contributed by atoms with Crippen LogP contribution in [0.4, 0.5) is 4.39 Å². The molecule has 4 rings (SSSR count). The number of alkyl halides is 1. The van der Waals surface area contributed by atoms with E-state index in [-0.39, 0.29) is 25.6 Å². The molecule has 1 aliphatic heterocycles. The van der Waals surface area contributed by atoms with Gasteiger partial charge >= 0.3 is 0 Å². The fraction of sp³-hybridized carbons (Fsp3) is 0.300. The van der Waals surface area contributed by atoms with E-state index in [2.05, 4.69) is 9.97 Å². The number of ether oxygens (including phenoxy) is 2. The molecule has 0 saturated carbocycles. The van der Waals surface area contributed by atoms with Crippen molar-refractivity contribution in [3.05, 3.63) is 59.9 Å². The van der Waals surface area contributed by atoms with Crippen LogP contribution in [0.5, 0.6) is 5.75 Å². The number of amides is 1. The summed E-state index contributed by atoms with van der Waals surface area (Å²) >= 11 is 0. The van der Waals surface area contributed by atoms with Gasteiger partial charge in [0.1, 0.15) is 30.5 Å². The molecule has 1 aromatic heterocycles. The number of aromatic nitrogens is 2. The van der Waals surface area contributed by atoms with Crippen LogP contribution in [0.3, 0.4) is 0 Å². The summed E-state index contributed by atoms with van der Waals surface area (Å²) in [5.41, 5.74) is 2.17. The van der Waals surface area contributed by atoms with E-state index in [9.17, 15) is 9.18 Å². The van der Waals surface area contributed by atoms with Crippen molar-refractivity contribution < 1.29 is 18.7 Å². The average molecular weight is 369 g/mol. The highest BCUT2D eigenvalue weighted by molar-refractivity contribution is 5.97. The van der Waals surface area contributed by atoms with Gasteiger partial charge in [-0.2, -0.15) is 0 Å². The summed E-state index contributed by atoms with van der Waals surface area (Å²) < 4.78 is 25.4.